The molecule has 0 radical (unpaired) electrons. The summed E-state index contributed by atoms with van der Waals surface area (Å²) >= 11 is 35.5. The van der Waals surface area contributed by atoms with Gasteiger partial charge in [-0.05, 0) is 128 Å². The number of ether oxygens (including phenoxy) is 3. The van der Waals surface area contributed by atoms with E-state index in [1.54, 1.807) is 95.2 Å². The van der Waals surface area contributed by atoms with Gasteiger partial charge in [0, 0.05) is 64.4 Å². The number of nitrogen functional groups attached to an aromatic ring is 1. The number of anilines is 6. The quantitative estimate of drug-likeness (QED) is 0.0626. The summed E-state index contributed by atoms with van der Waals surface area (Å²) in [5.41, 5.74) is 10.5. The number of aromatic nitrogens is 15. The number of imidazole rings is 3. The van der Waals surface area contributed by atoms with E-state index in [2.05, 4.69) is 61.1 Å². The fourth-order valence-corrected chi connectivity index (χ4v) is 10.7. The van der Waals surface area contributed by atoms with E-state index in [9.17, 15) is 5.11 Å². The summed E-state index contributed by atoms with van der Waals surface area (Å²) < 4.78 is 26.1. The molecule has 0 unspecified atom stereocenters. The number of methoxy groups -OCH3 is 3. The molecule has 0 bridgehead atoms. The second-order valence-corrected chi connectivity index (χ2v) is 22.0. The van der Waals surface area contributed by atoms with Gasteiger partial charge in [0.05, 0.1) is 76.2 Å². The summed E-state index contributed by atoms with van der Waals surface area (Å²) in [6, 6.07) is 28.0. The van der Waals surface area contributed by atoms with Crippen molar-refractivity contribution < 1.29 is 24.4 Å². The zero-order valence-electron chi connectivity index (χ0n) is 47.8. The van der Waals surface area contributed by atoms with Crippen molar-refractivity contribution in [3.05, 3.63) is 178 Å². The van der Waals surface area contributed by atoms with Gasteiger partial charge in [-0.15, -0.1) is 15.3 Å². The molecule has 25 nitrogen and oxygen atoms in total. The van der Waals surface area contributed by atoms with Crippen LogP contribution in [0.5, 0.6) is 17.2 Å². The molecule has 3 aromatic carbocycles. The summed E-state index contributed by atoms with van der Waals surface area (Å²) in [5.74, 6) is 5.55. The van der Waals surface area contributed by atoms with E-state index in [-0.39, 0.29) is 23.2 Å². The van der Waals surface area contributed by atoms with Crippen LogP contribution in [0.2, 0.25) is 30.8 Å². The molecular formula is C58H58Cl6N20O5. The minimum absolute atomic E-state index is 0.0397. The number of rotatable bonds is 13. The summed E-state index contributed by atoms with van der Waals surface area (Å²) in [5, 5.41) is 42.9. The maximum atomic E-state index is 9.69. The number of nitrogens with zero attached hydrogens (tertiary/aromatic N) is 16. The van der Waals surface area contributed by atoms with Crippen molar-refractivity contribution in [3.8, 4) is 34.3 Å². The Morgan fingerprint density at radius 3 is 1.52 bits per heavy atom. The first kappa shape index (κ1) is 63.4. The van der Waals surface area contributed by atoms with Gasteiger partial charge in [-0.25, -0.2) is 33.5 Å². The van der Waals surface area contributed by atoms with Gasteiger partial charge in [-0.2, -0.15) is 9.97 Å². The van der Waals surface area contributed by atoms with Crippen LogP contribution in [0.1, 0.15) is 25.7 Å². The second-order valence-electron chi connectivity index (χ2n) is 19.7. The highest BCUT2D eigenvalue weighted by Crippen LogP contribution is 2.30. The van der Waals surface area contributed by atoms with Gasteiger partial charge in [0.2, 0.25) is 16.5 Å². The average Bonchev–Trinajstić information content (AvgIpc) is 2.23. The molecular weight excluding hydrogens is 1270 g/mol. The molecule has 0 aliphatic carbocycles. The van der Waals surface area contributed by atoms with E-state index in [4.69, 9.17) is 99.6 Å². The molecule has 0 spiro atoms. The first-order valence-electron chi connectivity index (χ1n) is 27.4. The maximum Gasteiger partial charge on any atom is 0.245 e. The number of aliphatic hydroxyl groups excluding tert-OH is 2. The fourth-order valence-electron chi connectivity index (χ4n) is 9.43. The normalized spacial score (nSPS) is 14.3. The minimum atomic E-state index is 0.0397. The highest BCUT2D eigenvalue weighted by molar-refractivity contribution is 6.34. The standard InChI is InChI=1S/C21H22ClN7O2.C16H12Cl2N6O.C10H10ClN3O.C6H3Cl2N3.C5H11NO/c1-31-17-9-14(22)8-16(10-17)27-11-19(23-13-27)24-20-18-5-3-7-29(18)26-21(25-20)28-6-2-4-15(28)12-30;1-25-12-6-10(17)5-11(7-12)23-8-14(19-9-23)20-15-13-3-2-4-24(13)22-16(18)21-15;1-15-9-3-7(11)2-8(4-9)14-5-10(12)13-6-14;7-5-4-2-1-3-11(4)10-6(8)9-5;7-4-5-2-1-3-6-5/h3,5,7-11,13,15,30H,2,4,6,12H2,1H3,(H,24,25,26);2-9H,1H3,(H,20,21,22);2-6H,12H2,1H3;1-3H;5-7H,1-4H2/t15-;;;;5-/m0...0/s1. The molecule has 0 saturated carbocycles. The maximum absolute atomic E-state index is 9.69. The van der Waals surface area contributed by atoms with Crippen LogP contribution in [-0.2, 0) is 0 Å². The Labute approximate surface area is 539 Å². The zero-order valence-corrected chi connectivity index (χ0v) is 52.3. The lowest BCUT2D eigenvalue weighted by atomic mass is 10.2. The van der Waals surface area contributed by atoms with E-state index in [1.165, 1.54) is 6.42 Å². The Kier molecular flexibility index (Phi) is 21.1. The number of fused-ring (bicyclic) bond motifs is 3. The molecule has 2 saturated heterocycles. The highest BCUT2D eigenvalue weighted by atomic mass is 35.5. The number of hydrogen-bond acceptors (Lipinski definition) is 19. The van der Waals surface area contributed by atoms with Crippen LogP contribution >= 0.6 is 69.6 Å². The van der Waals surface area contributed by atoms with E-state index in [0.717, 1.165) is 66.0 Å². The molecule has 11 heterocycles. The van der Waals surface area contributed by atoms with Crippen LogP contribution in [0.3, 0.4) is 0 Å². The van der Waals surface area contributed by atoms with Crippen molar-refractivity contribution in [2.45, 2.75) is 37.8 Å². The lowest BCUT2D eigenvalue weighted by Crippen LogP contribution is -2.34. The predicted molar refractivity (Wildman–Crippen MR) is 346 cm³/mol. The molecule has 2 fully saturated rings. The Bertz CT molecular complexity index is 4320. The monoisotopic (exact) mass is 1320 g/mol. The summed E-state index contributed by atoms with van der Waals surface area (Å²) in [6.45, 7) is 2.30. The molecule has 12 aromatic rings. The molecule has 2 aliphatic rings. The number of nitrogens with one attached hydrogen (secondary N) is 3. The van der Waals surface area contributed by atoms with Crippen LogP contribution in [0, 0.1) is 0 Å². The van der Waals surface area contributed by atoms with Crippen LogP contribution in [0.25, 0.3) is 33.6 Å². The van der Waals surface area contributed by atoms with Gasteiger partial charge in [0.25, 0.3) is 0 Å². The Morgan fingerprint density at radius 2 is 1.04 bits per heavy atom. The van der Waals surface area contributed by atoms with E-state index in [1.807, 2.05) is 101 Å². The molecule has 2 atom stereocenters. The van der Waals surface area contributed by atoms with Crippen molar-refractivity contribution in [2.24, 2.45) is 0 Å². The molecule has 9 aromatic heterocycles. The summed E-state index contributed by atoms with van der Waals surface area (Å²) in [4.78, 5) is 27.6. The van der Waals surface area contributed by atoms with E-state index < -0.39 is 0 Å². The summed E-state index contributed by atoms with van der Waals surface area (Å²) in [7, 11) is 4.79. The topological polar surface area (TPSA) is 278 Å². The predicted octanol–water partition coefficient (Wildman–Crippen LogP) is 11.1. The number of aliphatic hydroxyl groups is 2. The van der Waals surface area contributed by atoms with Gasteiger partial charge in [0.1, 0.15) is 70.2 Å². The molecule has 14 rings (SSSR count). The largest absolute Gasteiger partial charge is 0.497 e. The van der Waals surface area contributed by atoms with Gasteiger partial charge in [-0.1, -0.05) is 46.4 Å². The van der Waals surface area contributed by atoms with Crippen LogP contribution in [0.4, 0.5) is 35.0 Å². The van der Waals surface area contributed by atoms with Crippen molar-refractivity contribution in [3.63, 3.8) is 0 Å². The molecule has 31 heteroatoms. The molecule has 2 aliphatic heterocycles. The van der Waals surface area contributed by atoms with Crippen LogP contribution < -0.4 is 40.8 Å². The number of benzene rings is 3. The van der Waals surface area contributed by atoms with Gasteiger partial charge in [-0.3, -0.25) is 0 Å². The third-order valence-corrected chi connectivity index (χ3v) is 15.0. The molecule has 7 N–H and O–H groups in total. The Morgan fingerprint density at radius 1 is 0.562 bits per heavy atom. The number of halogens is 6. The molecule has 0 amide bonds. The Hall–Kier alpha value is -8.63. The van der Waals surface area contributed by atoms with Gasteiger partial charge >= 0.3 is 0 Å². The van der Waals surface area contributed by atoms with E-state index >= 15 is 0 Å². The van der Waals surface area contributed by atoms with E-state index in [0.29, 0.717) is 85.2 Å². The fraction of sp³-hybridized carbons (Fsp3) is 0.224. The number of hydrogen-bond donors (Lipinski definition) is 6. The van der Waals surface area contributed by atoms with Gasteiger partial charge < -0.3 is 64.7 Å². The average molecular weight is 1330 g/mol. The first-order chi connectivity index (χ1) is 43.1. The SMILES string of the molecule is COc1cc(Cl)cc(-n2cnc(N)c2)c1.COc1cc(Cl)cc(-n2cnc(Nc3nc(Cl)nn4cccc34)c2)c1.COc1cc(Cl)cc(-n2cnc(Nc3nc(N4CCC[C@H]4CO)nn4cccc34)c2)c1.Clc1nc(Cl)c2cccn2n1.OC[C@@H]1CCCN1. The molecule has 89 heavy (non-hydrogen) atoms. The van der Waals surface area contributed by atoms with Crippen molar-refractivity contribution in [1.82, 2.24) is 77.8 Å². The van der Waals surface area contributed by atoms with Gasteiger partial charge in [0.15, 0.2) is 16.8 Å². The minimum Gasteiger partial charge on any atom is -0.497 e. The smallest absolute Gasteiger partial charge is 0.245 e. The molecule has 462 valence electrons. The van der Waals surface area contributed by atoms with Crippen LogP contribution in [-0.4, -0.2) is 142 Å². The summed E-state index contributed by atoms with van der Waals surface area (Å²) in [6.07, 6.45) is 20.1. The number of nitrogens with two attached hydrogens (primary N) is 1. The second kappa shape index (κ2) is 29.6. The third-order valence-electron chi connectivity index (χ3n) is 13.7. The van der Waals surface area contributed by atoms with Crippen LogP contribution in [0.15, 0.2) is 147 Å². The lowest BCUT2D eigenvalue weighted by Gasteiger charge is -2.23. The van der Waals surface area contributed by atoms with Crippen molar-refractivity contribution in [1.29, 1.82) is 0 Å². The van der Waals surface area contributed by atoms with Crippen molar-refractivity contribution >= 4 is 121 Å². The third kappa shape index (κ3) is 16.2. The zero-order chi connectivity index (χ0) is 62.6. The van der Waals surface area contributed by atoms with Crippen molar-refractivity contribution in [2.75, 3.05) is 68.9 Å². The first-order valence-corrected chi connectivity index (χ1v) is 29.6. The highest BCUT2D eigenvalue weighted by Gasteiger charge is 2.27. The lowest BCUT2D eigenvalue weighted by molar-refractivity contribution is 0.255. The Balaban J connectivity index is 0.000000133.